The maximum absolute atomic E-state index is 12.1. The molecule has 10 heteroatoms. The summed E-state index contributed by atoms with van der Waals surface area (Å²) in [5.41, 5.74) is 0.382. The van der Waals surface area contributed by atoms with Crippen molar-refractivity contribution in [2.75, 3.05) is 37.4 Å². The van der Waals surface area contributed by atoms with E-state index in [1.165, 1.54) is 23.9 Å². The molecule has 2 rings (SSSR count). The largest absolute Gasteiger partial charge is 0.573 e. The highest BCUT2D eigenvalue weighted by Crippen LogP contribution is 2.24. The summed E-state index contributed by atoms with van der Waals surface area (Å²) in [4.78, 5) is 13.8. The highest BCUT2D eigenvalue weighted by molar-refractivity contribution is 8.23. The topological polar surface area (TPSA) is 50.8 Å². The molecule has 0 saturated carbocycles. The summed E-state index contributed by atoms with van der Waals surface area (Å²) in [6.45, 7) is 2.63. The van der Waals surface area contributed by atoms with Gasteiger partial charge in [-0.1, -0.05) is 24.0 Å². The summed E-state index contributed by atoms with van der Waals surface area (Å²) in [5, 5.41) is 2.59. The van der Waals surface area contributed by atoms with Gasteiger partial charge in [0, 0.05) is 18.8 Å². The minimum atomic E-state index is -4.74. The number of anilines is 1. The molecule has 24 heavy (non-hydrogen) atoms. The van der Waals surface area contributed by atoms with Crippen molar-refractivity contribution in [2.45, 2.75) is 6.36 Å². The van der Waals surface area contributed by atoms with Crippen molar-refractivity contribution in [3.63, 3.8) is 0 Å². The number of hydrogen-bond donors (Lipinski definition) is 1. The van der Waals surface area contributed by atoms with E-state index in [2.05, 4.69) is 10.1 Å². The lowest BCUT2D eigenvalue weighted by Gasteiger charge is -2.28. The van der Waals surface area contributed by atoms with E-state index in [9.17, 15) is 18.0 Å². The molecule has 132 valence electrons. The maximum atomic E-state index is 12.1. The maximum Gasteiger partial charge on any atom is 0.573 e. The molecule has 1 N–H and O–H groups in total. The Morgan fingerprint density at radius 3 is 2.50 bits per heavy atom. The molecule has 1 saturated heterocycles. The van der Waals surface area contributed by atoms with Gasteiger partial charge in [-0.2, -0.15) is 0 Å². The molecule has 1 aliphatic rings. The fraction of sp³-hybridized carbons (Fsp3) is 0.429. The molecular weight excluding hydrogens is 365 g/mol. The van der Waals surface area contributed by atoms with Gasteiger partial charge in [-0.15, -0.1) is 13.2 Å². The summed E-state index contributed by atoms with van der Waals surface area (Å²) in [5.74, 6) is -0.514. The first-order chi connectivity index (χ1) is 11.3. The molecule has 0 radical (unpaired) electrons. The number of thioether (sulfide) groups is 1. The molecule has 5 nitrogen and oxygen atoms in total. The Kier molecular flexibility index (Phi) is 6.69. The third-order valence-corrected chi connectivity index (χ3v) is 4.49. The number of carbonyl (C=O) groups excluding carboxylic acids is 1. The lowest BCUT2D eigenvalue weighted by Crippen LogP contribution is -2.39. The molecule has 1 heterocycles. The van der Waals surface area contributed by atoms with E-state index < -0.39 is 6.36 Å². The molecule has 1 amide bonds. The number of nitrogens with one attached hydrogen (secondary N) is 1. The van der Waals surface area contributed by atoms with Gasteiger partial charge in [0.25, 0.3) is 0 Å². The average Bonchev–Trinajstić information content (AvgIpc) is 2.54. The quantitative estimate of drug-likeness (QED) is 0.811. The van der Waals surface area contributed by atoms with Crippen LogP contribution in [0.25, 0.3) is 0 Å². The predicted molar refractivity (Wildman–Crippen MR) is 89.2 cm³/mol. The first-order valence-corrected chi connectivity index (χ1v) is 8.38. The predicted octanol–water partition coefficient (Wildman–Crippen LogP) is 2.87. The fourth-order valence-corrected chi connectivity index (χ4v) is 2.95. The monoisotopic (exact) mass is 380 g/mol. The van der Waals surface area contributed by atoms with Crippen LogP contribution in [-0.4, -0.2) is 53.5 Å². The number of nitrogens with zero attached hydrogens (tertiary/aromatic N) is 1. The summed E-state index contributed by atoms with van der Waals surface area (Å²) in [7, 11) is 0. The molecular formula is C14H15F3N2O3S2. The van der Waals surface area contributed by atoms with Crippen LogP contribution in [0.3, 0.4) is 0 Å². The SMILES string of the molecule is O=C(CSC(=S)N1CCOCC1)Nc1ccc(OC(F)(F)F)cc1. The number of benzene rings is 1. The second kappa shape index (κ2) is 8.54. The van der Waals surface area contributed by atoms with Gasteiger partial charge in [0.15, 0.2) is 0 Å². The minimum Gasteiger partial charge on any atom is -0.406 e. The zero-order valence-electron chi connectivity index (χ0n) is 12.5. The molecule has 0 aliphatic carbocycles. The Morgan fingerprint density at radius 1 is 1.29 bits per heavy atom. The van der Waals surface area contributed by atoms with Crippen LogP contribution in [0.4, 0.5) is 18.9 Å². The van der Waals surface area contributed by atoms with Crippen molar-refractivity contribution in [2.24, 2.45) is 0 Å². The van der Waals surface area contributed by atoms with E-state index in [0.29, 0.717) is 36.3 Å². The summed E-state index contributed by atoms with van der Waals surface area (Å²) in [6.07, 6.45) is -4.74. The fourth-order valence-electron chi connectivity index (χ4n) is 1.90. The number of thiocarbonyl (C=S) groups is 1. The Morgan fingerprint density at radius 2 is 1.92 bits per heavy atom. The van der Waals surface area contributed by atoms with Crippen LogP contribution in [0.5, 0.6) is 5.75 Å². The van der Waals surface area contributed by atoms with Gasteiger partial charge in [0.1, 0.15) is 10.1 Å². The van der Waals surface area contributed by atoms with Crippen molar-refractivity contribution >= 4 is 39.9 Å². The van der Waals surface area contributed by atoms with Crippen molar-refractivity contribution in [1.82, 2.24) is 4.90 Å². The highest BCUT2D eigenvalue weighted by atomic mass is 32.2. The van der Waals surface area contributed by atoms with Crippen LogP contribution in [0.2, 0.25) is 0 Å². The van der Waals surface area contributed by atoms with E-state index in [1.807, 2.05) is 4.90 Å². The number of hydrogen-bond acceptors (Lipinski definition) is 5. The van der Waals surface area contributed by atoms with E-state index in [4.69, 9.17) is 17.0 Å². The molecule has 0 atom stereocenters. The zero-order chi connectivity index (χ0) is 17.6. The van der Waals surface area contributed by atoms with Crippen LogP contribution < -0.4 is 10.1 Å². The Balaban J connectivity index is 1.76. The summed E-state index contributed by atoms with van der Waals surface area (Å²) in [6, 6.07) is 4.94. The van der Waals surface area contributed by atoms with Crippen LogP contribution in [-0.2, 0) is 9.53 Å². The van der Waals surface area contributed by atoms with Gasteiger partial charge in [-0.05, 0) is 24.3 Å². The van der Waals surface area contributed by atoms with Crippen molar-refractivity contribution in [1.29, 1.82) is 0 Å². The van der Waals surface area contributed by atoms with Crippen LogP contribution in [0.1, 0.15) is 0 Å². The second-order valence-electron chi connectivity index (χ2n) is 4.77. The molecule has 0 bridgehead atoms. The van der Waals surface area contributed by atoms with Gasteiger partial charge in [-0.3, -0.25) is 4.79 Å². The Bertz CT molecular complexity index is 576. The Hall–Kier alpha value is -1.52. The average molecular weight is 380 g/mol. The smallest absolute Gasteiger partial charge is 0.406 e. The van der Waals surface area contributed by atoms with Gasteiger partial charge in [0.2, 0.25) is 5.91 Å². The molecule has 1 fully saturated rings. The number of ether oxygens (including phenoxy) is 2. The Labute approximate surface area is 146 Å². The third-order valence-electron chi connectivity index (χ3n) is 2.97. The number of rotatable bonds is 4. The molecule has 0 spiro atoms. The molecule has 0 aromatic heterocycles. The number of carbonyl (C=O) groups is 1. The first-order valence-electron chi connectivity index (χ1n) is 6.98. The third kappa shape index (κ3) is 6.54. The summed E-state index contributed by atoms with van der Waals surface area (Å²) < 4.78 is 45.8. The van der Waals surface area contributed by atoms with Crippen LogP contribution >= 0.6 is 24.0 Å². The molecule has 1 aromatic carbocycles. The zero-order valence-corrected chi connectivity index (χ0v) is 14.1. The van der Waals surface area contributed by atoms with Crippen LogP contribution in [0.15, 0.2) is 24.3 Å². The van der Waals surface area contributed by atoms with E-state index in [1.54, 1.807) is 0 Å². The lowest BCUT2D eigenvalue weighted by molar-refractivity contribution is -0.274. The number of alkyl halides is 3. The standard InChI is InChI=1S/C14H15F3N2O3S2/c15-14(16,17)22-11-3-1-10(2-4-11)18-12(20)9-24-13(23)19-5-7-21-8-6-19/h1-4H,5-9H2,(H,18,20). The normalized spacial score (nSPS) is 15.0. The highest BCUT2D eigenvalue weighted by Gasteiger charge is 2.30. The van der Waals surface area contributed by atoms with E-state index in [-0.39, 0.29) is 17.4 Å². The second-order valence-corrected chi connectivity index (χ2v) is 6.38. The molecule has 1 aromatic rings. The van der Waals surface area contributed by atoms with Crippen molar-refractivity contribution < 1.29 is 27.4 Å². The van der Waals surface area contributed by atoms with Crippen molar-refractivity contribution in [3.05, 3.63) is 24.3 Å². The van der Waals surface area contributed by atoms with E-state index in [0.717, 1.165) is 12.1 Å². The van der Waals surface area contributed by atoms with Gasteiger partial charge >= 0.3 is 6.36 Å². The minimum absolute atomic E-state index is 0.122. The molecule has 0 unspecified atom stereocenters. The van der Waals surface area contributed by atoms with Crippen LogP contribution in [0, 0.1) is 0 Å². The van der Waals surface area contributed by atoms with Crippen molar-refractivity contribution in [3.8, 4) is 5.75 Å². The van der Waals surface area contributed by atoms with E-state index >= 15 is 0 Å². The van der Waals surface area contributed by atoms with Gasteiger partial charge in [-0.25, -0.2) is 0 Å². The number of morpholine rings is 1. The lowest BCUT2D eigenvalue weighted by atomic mass is 10.3. The number of amides is 1. The van der Waals surface area contributed by atoms with Gasteiger partial charge < -0.3 is 19.7 Å². The molecule has 1 aliphatic heterocycles. The number of halogens is 3. The van der Waals surface area contributed by atoms with Gasteiger partial charge in [0.05, 0.1) is 19.0 Å². The first kappa shape index (κ1) is 18.8. The summed E-state index contributed by atoms with van der Waals surface area (Å²) >= 11 is 6.49.